The molecule has 0 aliphatic heterocycles. The molecule has 0 aliphatic rings. The molecular weight excluding hydrogens is 284 g/mol. The second kappa shape index (κ2) is 7.18. The summed E-state index contributed by atoms with van der Waals surface area (Å²) in [5.74, 6) is 0.147. The van der Waals surface area contributed by atoms with E-state index in [1.165, 1.54) is 7.11 Å². The summed E-state index contributed by atoms with van der Waals surface area (Å²) in [6.07, 6.45) is 0.746. The van der Waals surface area contributed by atoms with Gasteiger partial charge in [0.15, 0.2) is 0 Å². The average Bonchev–Trinajstić information content (AvgIpc) is 2.52. The van der Waals surface area contributed by atoms with Crippen LogP contribution in [-0.4, -0.2) is 18.2 Å². The van der Waals surface area contributed by atoms with Crippen molar-refractivity contribution in [1.29, 1.82) is 0 Å². The van der Waals surface area contributed by atoms with Gasteiger partial charge in [-0.05, 0) is 29.7 Å². The van der Waals surface area contributed by atoms with Gasteiger partial charge in [-0.15, -0.1) is 11.8 Å². The van der Waals surface area contributed by atoms with Crippen LogP contribution in [0.3, 0.4) is 0 Å². The van der Waals surface area contributed by atoms with Gasteiger partial charge in [0.1, 0.15) is 11.3 Å². The predicted molar refractivity (Wildman–Crippen MR) is 85.3 cm³/mol. The Balaban J connectivity index is 2.32. The zero-order chi connectivity index (χ0) is 15.2. The molecule has 0 amide bonds. The normalized spacial score (nSPS) is 10.4. The smallest absolute Gasteiger partial charge is 0.339 e. The monoisotopic (exact) mass is 302 g/mol. The minimum atomic E-state index is -0.939. The molecule has 0 saturated heterocycles. The highest BCUT2D eigenvalue weighted by Crippen LogP contribution is 2.32. The Labute approximate surface area is 129 Å². The number of hydrogen-bond acceptors (Lipinski definition) is 3. The van der Waals surface area contributed by atoms with E-state index in [0.717, 1.165) is 22.4 Å². The van der Waals surface area contributed by atoms with E-state index in [-0.39, 0.29) is 5.56 Å². The molecule has 2 aromatic carbocycles. The maximum Gasteiger partial charge on any atom is 0.339 e. The molecule has 0 radical (unpaired) electrons. The summed E-state index contributed by atoms with van der Waals surface area (Å²) >= 11 is 1.62. The van der Waals surface area contributed by atoms with E-state index >= 15 is 0 Å². The summed E-state index contributed by atoms with van der Waals surface area (Å²) in [7, 11) is 1.52. The van der Waals surface area contributed by atoms with Crippen molar-refractivity contribution < 1.29 is 14.6 Å². The first kappa shape index (κ1) is 15.4. The molecule has 0 atom stereocenters. The summed E-state index contributed by atoms with van der Waals surface area (Å²) in [5.41, 5.74) is 1.98. The molecule has 0 heterocycles. The largest absolute Gasteiger partial charge is 0.496 e. The van der Waals surface area contributed by atoms with Gasteiger partial charge >= 0.3 is 5.97 Å². The van der Waals surface area contributed by atoms with Crippen LogP contribution in [-0.2, 0) is 12.2 Å². The molecule has 21 heavy (non-hydrogen) atoms. The second-order valence-corrected chi connectivity index (χ2v) is 5.60. The minimum Gasteiger partial charge on any atom is -0.496 e. The van der Waals surface area contributed by atoms with E-state index < -0.39 is 5.97 Å². The molecule has 0 bridgehead atoms. The van der Waals surface area contributed by atoms with Gasteiger partial charge in [0.2, 0.25) is 0 Å². The average molecular weight is 302 g/mol. The maximum absolute atomic E-state index is 11.6. The molecule has 0 aromatic heterocycles. The van der Waals surface area contributed by atoms with Gasteiger partial charge in [-0.25, -0.2) is 4.79 Å². The molecule has 0 saturated carbocycles. The van der Waals surface area contributed by atoms with Gasteiger partial charge in [0, 0.05) is 10.6 Å². The van der Waals surface area contributed by atoms with Gasteiger partial charge in [0.25, 0.3) is 0 Å². The summed E-state index contributed by atoms with van der Waals surface area (Å²) in [4.78, 5) is 12.7. The Hall–Kier alpha value is -1.94. The van der Waals surface area contributed by atoms with Crippen molar-refractivity contribution in [3.63, 3.8) is 0 Å². The first-order valence-corrected chi connectivity index (χ1v) is 7.75. The van der Waals surface area contributed by atoms with Gasteiger partial charge in [-0.3, -0.25) is 0 Å². The number of carbonyl (C=O) groups is 1. The number of carboxylic acid groups (broad SMARTS) is 1. The van der Waals surface area contributed by atoms with Crippen molar-refractivity contribution in [1.82, 2.24) is 0 Å². The van der Waals surface area contributed by atoms with E-state index in [0.29, 0.717) is 11.5 Å². The number of rotatable bonds is 6. The molecule has 3 nitrogen and oxygen atoms in total. The fourth-order valence-electron chi connectivity index (χ4n) is 2.21. The number of thioether (sulfide) groups is 1. The van der Waals surface area contributed by atoms with Crippen LogP contribution in [0.15, 0.2) is 47.4 Å². The number of aryl methyl sites for hydroxylation is 1. The van der Waals surface area contributed by atoms with Crippen LogP contribution in [0, 0.1) is 0 Å². The lowest BCUT2D eigenvalue weighted by Gasteiger charge is -2.14. The quantitative estimate of drug-likeness (QED) is 0.810. The summed E-state index contributed by atoms with van der Waals surface area (Å²) < 4.78 is 5.33. The zero-order valence-corrected chi connectivity index (χ0v) is 12.9. The second-order valence-electron chi connectivity index (χ2n) is 4.55. The van der Waals surface area contributed by atoms with Crippen molar-refractivity contribution in [2.75, 3.05) is 7.11 Å². The van der Waals surface area contributed by atoms with E-state index in [1.54, 1.807) is 11.8 Å². The van der Waals surface area contributed by atoms with Gasteiger partial charge < -0.3 is 9.84 Å². The predicted octanol–water partition coefficient (Wildman–Crippen LogP) is 4.25. The van der Waals surface area contributed by atoms with Crippen LogP contribution in [0.2, 0.25) is 0 Å². The van der Waals surface area contributed by atoms with Crippen LogP contribution in [0.1, 0.15) is 28.4 Å². The fourth-order valence-corrected chi connectivity index (χ4v) is 3.12. The van der Waals surface area contributed by atoms with Crippen LogP contribution in [0.25, 0.3) is 0 Å². The van der Waals surface area contributed by atoms with Crippen LogP contribution in [0.5, 0.6) is 5.75 Å². The van der Waals surface area contributed by atoms with Crippen molar-refractivity contribution in [2.45, 2.75) is 24.0 Å². The summed E-state index contributed by atoms with van der Waals surface area (Å²) in [6, 6.07) is 13.8. The third-order valence-electron chi connectivity index (χ3n) is 3.26. The molecule has 0 aliphatic carbocycles. The molecule has 1 N–H and O–H groups in total. The lowest BCUT2D eigenvalue weighted by molar-refractivity contribution is 0.0692. The van der Waals surface area contributed by atoms with Crippen molar-refractivity contribution in [2.24, 2.45) is 0 Å². The van der Waals surface area contributed by atoms with Crippen molar-refractivity contribution in [3.8, 4) is 5.75 Å². The topological polar surface area (TPSA) is 46.5 Å². The third kappa shape index (κ3) is 3.58. The molecule has 0 spiro atoms. The Morgan fingerprint density at radius 3 is 2.38 bits per heavy atom. The van der Waals surface area contributed by atoms with Crippen molar-refractivity contribution in [3.05, 3.63) is 59.2 Å². The number of benzene rings is 2. The first-order valence-electron chi connectivity index (χ1n) is 6.77. The molecule has 0 fully saturated rings. The molecule has 110 valence electrons. The fraction of sp³-hybridized carbons (Fsp3) is 0.235. The zero-order valence-electron chi connectivity index (χ0n) is 12.1. The number of hydrogen-bond donors (Lipinski definition) is 1. The van der Waals surface area contributed by atoms with E-state index in [4.69, 9.17) is 4.74 Å². The molecular formula is C17H18O3S. The minimum absolute atomic E-state index is 0.278. The SMILES string of the molecule is CCc1ccc(CSc2ccccc2)c(C(=O)O)c1OC. The van der Waals surface area contributed by atoms with E-state index in [1.807, 2.05) is 49.4 Å². The van der Waals surface area contributed by atoms with Crippen molar-refractivity contribution >= 4 is 17.7 Å². The Bertz CT molecular complexity index is 623. The lowest BCUT2D eigenvalue weighted by atomic mass is 10.0. The maximum atomic E-state index is 11.6. The third-order valence-corrected chi connectivity index (χ3v) is 4.32. The van der Waals surface area contributed by atoms with Crippen LogP contribution in [0.4, 0.5) is 0 Å². The Kier molecular flexibility index (Phi) is 5.28. The molecule has 4 heteroatoms. The molecule has 0 unspecified atom stereocenters. The van der Waals surface area contributed by atoms with Gasteiger partial charge in [-0.2, -0.15) is 0 Å². The van der Waals surface area contributed by atoms with E-state index in [9.17, 15) is 9.90 Å². The molecule has 2 aromatic rings. The van der Waals surface area contributed by atoms with Gasteiger partial charge in [0.05, 0.1) is 7.11 Å². The Morgan fingerprint density at radius 2 is 1.81 bits per heavy atom. The standard InChI is InChI=1S/C17H18O3S/c1-3-12-9-10-13(15(17(18)19)16(12)20-2)11-21-14-7-5-4-6-8-14/h4-10H,3,11H2,1-2H3,(H,18,19). The highest BCUT2D eigenvalue weighted by Gasteiger charge is 2.19. The number of aromatic carboxylic acids is 1. The first-order chi connectivity index (χ1) is 10.2. The lowest BCUT2D eigenvalue weighted by Crippen LogP contribution is -2.07. The number of methoxy groups -OCH3 is 1. The Morgan fingerprint density at radius 1 is 1.14 bits per heavy atom. The highest BCUT2D eigenvalue weighted by atomic mass is 32.2. The highest BCUT2D eigenvalue weighted by molar-refractivity contribution is 7.98. The molecule has 2 rings (SSSR count). The van der Waals surface area contributed by atoms with Crippen LogP contribution >= 0.6 is 11.8 Å². The van der Waals surface area contributed by atoms with Crippen LogP contribution < -0.4 is 4.74 Å². The summed E-state index contributed by atoms with van der Waals surface area (Å²) in [6.45, 7) is 1.99. The van der Waals surface area contributed by atoms with Gasteiger partial charge in [-0.1, -0.05) is 37.3 Å². The van der Waals surface area contributed by atoms with E-state index in [2.05, 4.69) is 0 Å². The summed E-state index contributed by atoms with van der Waals surface area (Å²) in [5, 5.41) is 9.51. The number of ether oxygens (including phenoxy) is 1. The number of carboxylic acids is 1.